The minimum atomic E-state index is 1.28. The SMILES string of the molecule is CN1N=NN(C)N=N1. The Hall–Kier alpha value is -1.20. The van der Waals surface area contributed by atoms with Crippen molar-refractivity contribution in [2.24, 2.45) is 20.9 Å². The third kappa shape index (κ3) is 0.895. The molecule has 1 aliphatic heterocycles. The molecule has 0 aliphatic carbocycles. The molecule has 0 aromatic carbocycles. The molecule has 44 valence electrons. The first-order chi connectivity index (χ1) is 3.79. The maximum Gasteiger partial charge on any atom is 0.0532 e. The number of rotatable bonds is 0. The first kappa shape index (κ1) is 4.95. The summed E-state index contributed by atoms with van der Waals surface area (Å²) in [7, 11) is 3.31. The lowest BCUT2D eigenvalue weighted by Crippen LogP contribution is -2.11. The van der Waals surface area contributed by atoms with Crippen molar-refractivity contribution < 1.29 is 0 Å². The molecule has 0 N–H and O–H groups in total. The standard InChI is InChI=1S/C2H6N6/c1-7-3-5-8(2)6-4-7/h1-2H3. The van der Waals surface area contributed by atoms with Gasteiger partial charge in [-0.05, 0) is 20.9 Å². The second-order valence-corrected chi connectivity index (χ2v) is 1.34. The van der Waals surface area contributed by atoms with Gasteiger partial charge < -0.3 is 0 Å². The van der Waals surface area contributed by atoms with E-state index in [1.54, 1.807) is 14.1 Å². The summed E-state index contributed by atoms with van der Waals surface area (Å²) in [6.07, 6.45) is 0. The number of hydrogen-bond acceptors (Lipinski definition) is 6. The Bertz CT molecular complexity index is 98.5. The lowest BCUT2D eigenvalue weighted by molar-refractivity contribution is 0.167. The Labute approximate surface area is 46.4 Å². The Balaban J connectivity index is 2.54. The molecule has 0 aromatic heterocycles. The molecule has 0 unspecified atom stereocenters. The van der Waals surface area contributed by atoms with Crippen LogP contribution >= 0.6 is 0 Å². The fourth-order valence-electron chi connectivity index (χ4n) is 0.267. The van der Waals surface area contributed by atoms with E-state index in [0.29, 0.717) is 0 Å². The van der Waals surface area contributed by atoms with Crippen LogP contribution in [0.4, 0.5) is 0 Å². The van der Waals surface area contributed by atoms with Crippen molar-refractivity contribution in [2.45, 2.75) is 0 Å². The van der Waals surface area contributed by atoms with Crippen molar-refractivity contribution in [1.82, 2.24) is 10.2 Å². The first-order valence-corrected chi connectivity index (χ1v) is 2.09. The second kappa shape index (κ2) is 1.73. The van der Waals surface area contributed by atoms with E-state index < -0.39 is 0 Å². The highest BCUT2D eigenvalue weighted by Crippen LogP contribution is 1.98. The summed E-state index contributed by atoms with van der Waals surface area (Å²) < 4.78 is 0. The quantitative estimate of drug-likeness (QED) is 0.458. The van der Waals surface area contributed by atoms with Gasteiger partial charge in [-0.3, -0.25) is 0 Å². The zero-order chi connectivity index (χ0) is 5.98. The molecule has 1 heterocycles. The smallest absolute Gasteiger partial charge is 0.0532 e. The van der Waals surface area contributed by atoms with E-state index in [2.05, 4.69) is 20.9 Å². The van der Waals surface area contributed by atoms with Gasteiger partial charge in [-0.2, -0.15) is 0 Å². The minimum absolute atomic E-state index is 1.28. The van der Waals surface area contributed by atoms with E-state index in [1.165, 1.54) is 10.2 Å². The highest BCUT2D eigenvalue weighted by atomic mass is 15.9. The van der Waals surface area contributed by atoms with Gasteiger partial charge in [0.05, 0.1) is 14.1 Å². The highest BCUT2D eigenvalue weighted by Gasteiger charge is 1.96. The van der Waals surface area contributed by atoms with Crippen molar-refractivity contribution in [2.75, 3.05) is 14.1 Å². The average Bonchev–Trinajstić information content (AvgIpc) is 1.77. The van der Waals surface area contributed by atoms with Gasteiger partial charge in [0.15, 0.2) is 0 Å². The van der Waals surface area contributed by atoms with Crippen molar-refractivity contribution >= 4 is 0 Å². The summed E-state index contributed by atoms with van der Waals surface area (Å²) in [5.41, 5.74) is 0. The molecule has 0 bridgehead atoms. The Morgan fingerprint density at radius 2 is 1.00 bits per heavy atom. The summed E-state index contributed by atoms with van der Waals surface area (Å²) in [5, 5.41) is 16.7. The molecular formula is C2H6N6. The molecule has 0 saturated carbocycles. The van der Waals surface area contributed by atoms with Crippen LogP contribution in [0.3, 0.4) is 0 Å². The topological polar surface area (TPSA) is 55.9 Å². The fourth-order valence-corrected chi connectivity index (χ4v) is 0.267. The predicted octanol–water partition coefficient (Wildman–Crippen LogP) is 0.428. The van der Waals surface area contributed by atoms with Gasteiger partial charge in [0.2, 0.25) is 0 Å². The summed E-state index contributed by atoms with van der Waals surface area (Å²) >= 11 is 0. The molecule has 6 nitrogen and oxygen atoms in total. The normalized spacial score (nSPS) is 17.8. The molecule has 1 aliphatic rings. The van der Waals surface area contributed by atoms with Crippen molar-refractivity contribution in [1.29, 1.82) is 0 Å². The summed E-state index contributed by atoms with van der Waals surface area (Å²) in [5.74, 6) is 0. The van der Waals surface area contributed by atoms with E-state index in [-0.39, 0.29) is 0 Å². The van der Waals surface area contributed by atoms with Crippen LogP contribution in [-0.4, -0.2) is 24.3 Å². The Morgan fingerprint density at radius 3 is 1.25 bits per heavy atom. The van der Waals surface area contributed by atoms with Crippen LogP contribution in [0.15, 0.2) is 20.9 Å². The molecule has 0 amide bonds. The third-order valence-corrected chi connectivity index (χ3v) is 0.598. The summed E-state index contributed by atoms with van der Waals surface area (Å²) in [6, 6.07) is 0. The molecule has 0 saturated heterocycles. The summed E-state index contributed by atoms with van der Waals surface area (Å²) in [6.45, 7) is 0. The molecule has 0 aromatic rings. The Morgan fingerprint density at radius 1 is 0.750 bits per heavy atom. The van der Waals surface area contributed by atoms with E-state index in [0.717, 1.165) is 0 Å². The third-order valence-electron chi connectivity index (χ3n) is 0.598. The van der Waals surface area contributed by atoms with Crippen LogP contribution in [0.5, 0.6) is 0 Å². The zero-order valence-electron chi connectivity index (χ0n) is 4.68. The molecule has 0 spiro atoms. The van der Waals surface area contributed by atoms with Crippen LogP contribution in [-0.2, 0) is 0 Å². The molecule has 0 atom stereocenters. The van der Waals surface area contributed by atoms with Gasteiger partial charge in [0, 0.05) is 0 Å². The number of nitrogens with zero attached hydrogens (tertiary/aromatic N) is 6. The molecule has 0 fully saturated rings. The highest BCUT2D eigenvalue weighted by molar-refractivity contribution is 4.27. The van der Waals surface area contributed by atoms with Gasteiger partial charge in [0.25, 0.3) is 0 Å². The lowest BCUT2D eigenvalue weighted by atomic mass is 11.4. The van der Waals surface area contributed by atoms with Crippen LogP contribution in [0.25, 0.3) is 0 Å². The average molecular weight is 114 g/mol. The first-order valence-electron chi connectivity index (χ1n) is 2.09. The van der Waals surface area contributed by atoms with Crippen LogP contribution in [0.1, 0.15) is 0 Å². The molecule has 8 heavy (non-hydrogen) atoms. The van der Waals surface area contributed by atoms with Gasteiger partial charge in [-0.25, -0.2) is 0 Å². The number of hydrogen-bond donors (Lipinski definition) is 0. The van der Waals surface area contributed by atoms with Crippen LogP contribution in [0.2, 0.25) is 0 Å². The minimum Gasteiger partial charge on any atom is -0.147 e. The zero-order valence-corrected chi connectivity index (χ0v) is 4.68. The van der Waals surface area contributed by atoms with Gasteiger partial charge in [0.1, 0.15) is 0 Å². The van der Waals surface area contributed by atoms with E-state index >= 15 is 0 Å². The molecule has 0 radical (unpaired) electrons. The monoisotopic (exact) mass is 114 g/mol. The van der Waals surface area contributed by atoms with Crippen LogP contribution < -0.4 is 0 Å². The van der Waals surface area contributed by atoms with E-state index in [1.807, 2.05) is 0 Å². The Kier molecular flexibility index (Phi) is 1.07. The van der Waals surface area contributed by atoms with Crippen molar-refractivity contribution in [3.05, 3.63) is 0 Å². The summed E-state index contributed by atoms with van der Waals surface area (Å²) in [4.78, 5) is 0. The fraction of sp³-hybridized carbons (Fsp3) is 1.00. The lowest BCUT2D eigenvalue weighted by Gasteiger charge is -2.09. The van der Waals surface area contributed by atoms with Crippen molar-refractivity contribution in [3.63, 3.8) is 0 Å². The maximum absolute atomic E-state index is 3.53. The molecule has 6 heteroatoms. The van der Waals surface area contributed by atoms with Crippen LogP contribution in [0, 0.1) is 0 Å². The largest absolute Gasteiger partial charge is 0.147 e. The van der Waals surface area contributed by atoms with Gasteiger partial charge in [-0.1, -0.05) is 0 Å². The van der Waals surface area contributed by atoms with Crippen molar-refractivity contribution in [3.8, 4) is 0 Å². The van der Waals surface area contributed by atoms with Gasteiger partial charge in [-0.15, -0.1) is 10.2 Å². The molecule has 1 rings (SSSR count). The van der Waals surface area contributed by atoms with E-state index in [9.17, 15) is 0 Å². The van der Waals surface area contributed by atoms with E-state index in [4.69, 9.17) is 0 Å². The molecular weight excluding hydrogens is 108 g/mol. The van der Waals surface area contributed by atoms with Gasteiger partial charge >= 0.3 is 0 Å². The predicted molar refractivity (Wildman–Crippen MR) is 25.2 cm³/mol. The maximum atomic E-state index is 3.53. The second-order valence-electron chi connectivity index (χ2n) is 1.34.